The van der Waals surface area contributed by atoms with E-state index < -0.39 is 0 Å². The van der Waals surface area contributed by atoms with Crippen LogP contribution in [0.2, 0.25) is 0 Å². The number of hydrogen-bond donors (Lipinski definition) is 0. The zero-order valence-corrected chi connectivity index (χ0v) is 13.0. The predicted octanol–water partition coefficient (Wildman–Crippen LogP) is 4.74. The van der Waals surface area contributed by atoms with Gasteiger partial charge >= 0.3 is 0 Å². The largest absolute Gasteiger partial charge is 0.367 e. The molecule has 0 amide bonds. The summed E-state index contributed by atoms with van der Waals surface area (Å²) in [5, 5.41) is 0. The number of Topliss-reactive ketones (excluding diaryl/α,β-unsaturated/α-hetero) is 1. The van der Waals surface area contributed by atoms with Gasteiger partial charge in [0.05, 0.1) is 11.7 Å². The van der Waals surface area contributed by atoms with E-state index in [4.69, 9.17) is 4.74 Å². The molecule has 1 saturated heterocycles. The molecule has 114 valence electrons. The van der Waals surface area contributed by atoms with Crippen molar-refractivity contribution in [1.82, 2.24) is 0 Å². The predicted molar refractivity (Wildman–Crippen MR) is 87.9 cm³/mol. The third-order valence-corrected chi connectivity index (χ3v) is 4.50. The third-order valence-electron chi connectivity index (χ3n) is 4.50. The van der Waals surface area contributed by atoms with Crippen LogP contribution in [0.4, 0.5) is 0 Å². The molecule has 0 aromatic heterocycles. The lowest BCUT2D eigenvalue weighted by atomic mass is 9.85. The standard InChI is InChI=1S/C20H22O2/c1-20(17-11-6-3-7-12-17)14-8-13-18(22-20)15-19(21)16-9-4-2-5-10-16/h2-7,9-12,18H,8,13-15H2,1H3/t18-,20+/m0/s1. The van der Waals surface area contributed by atoms with Gasteiger partial charge in [-0.1, -0.05) is 60.7 Å². The Balaban J connectivity index is 1.70. The summed E-state index contributed by atoms with van der Waals surface area (Å²) in [7, 11) is 0. The summed E-state index contributed by atoms with van der Waals surface area (Å²) >= 11 is 0. The Bertz CT molecular complexity index is 621. The highest BCUT2D eigenvalue weighted by molar-refractivity contribution is 5.96. The number of hydrogen-bond acceptors (Lipinski definition) is 2. The van der Waals surface area contributed by atoms with Crippen LogP contribution >= 0.6 is 0 Å². The lowest BCUT2D eigenvalue weighted by Gasteiger charge is -2.39. The highest BCUT2D eigenvalue weighted by Gasteiger charge is 2.35. The minimum absolute atomic E-state index is 0.00617. The van der Waals surface area contributed by atoms with E-state index in [1.807, 2.05) is 48.5 Å². The van der Waals surface area contributed by atoms with Gasteiger partial charge in [-0.2, -0.15) is 0 Å². The van der Waals surface area contributed by atoms with Crippen molar-refractivity contribution in [2.45, 2.75) is 44.3 Å². The van der Waals surface area contributed by atoms with E-state index in [0.717, 1.165) is 24.8 Å². The molecular formula is C20H22O2. The number of ether oxygens (including phenoxy) is 1. The van der Waals surface area contributed by atoms with Crippen molar-refractivity contribution in [2.24, 2.45) is 0 Å². The van der Waals surface area contributed by atoms with Gasteiger partial charge in [-0.15, -0.1) is 0 Å². The second kappa shape index (κ2) is 6.45. The van der Waals surface area contributed by atoms with E-state index in [1.165, 1.54) is 5.56 Å². The molecule has 0 bridgehead atoms. The molecule has 2 aromatic carbocycles. The first-order chi connectivity index (χ1) is 10.7. The van der Waals surface area contributed by atoms with E-state index >= 15 is 0 Å². The molecule has 2 heteroatoms. The number of rotatable bonds is 4. The Labute approximate surface area is 132 Å². The van der Waals surface area contributed by atoms with Crippen LogP contribution in [0, 0.1) is 0 Å². The summed E-state index contributed by atoms with van der Waals surface area (Å²) in [6.45, 7) is 2.14. The van der Waals surface area contributed by atoms with Crippen molar-refractivity contribution in [3.8, 4) is 0 Å². The first kappa shape index (κ1) is 15.0. The Morgan fingerprint density at radius 3 is 2.41 bits per heavy atom. The highest BCUT2D eigenvalue weighted by Crippen LogP contribution is 2.38. The van der Waals surface area contributed by atoms with Crippen molar-refractivity contribution < 1.29 is 9.53 Å². The van der Waals surface area contributed by atoms with Crippen LogP contribution in [0.15, 0.2) is 60.7 Å². The number of ketones is 1. The first-order valence-electron chi connectivity index (χ1n) is 7.99. The fourth-order valence-corrected chi connectivity index (χ4v) is 3.25. The lowest BCUT2D eigenvalue weighted by molar-refractivity contribution is -0.121. The van der Waals surface area contributed by atoms with Gasteiger partial charge in [0.25, 0.3) is 0 Å². The summed E-state index contributed by atoms with van der Waals surface area (Å²) < 4.78 is 6.33. The van der Waals surface area contributed by atoms with Crippen molar-refractivity contribution in [3.63, 3.8) is 0 Å². The molecule has 0 saturated carbocycles. The van der Waals surface area contributed by atoms with Crippen molar-refractivity contribution in [2.75, 3.05) is 0 Å². The molecule has 0 N–H and O–H groups in total. The van der Waals surface area contributed by atoms with Crippen LogP contribution in [0.3, 0.4) is 0 Å². The van der Waals surface area contributed by atoms with Gasteiger partial charge in [-0.05, 0) is 31.7 Å². The van der Waals surface area contributed by atoms with E-state index in [-0.39, 0.29) is 17.5 Å². The molecule has 22 heavy (non-hydrogen) atoms. The number of carbonyl (C=O) groups excluding carboxylic acids is 1. The fourth-order valence-electron chi connectivity index (χ4n) is 3.25. The molecule has 2 atom stereocenters. The van der Waals surface area contributed by atoms with Crippen molar-refractivity contribution in [3.05, 3.63) is 71.8 Å². The normalized spacial score (nSPS) is 24.9. The maximum absolute atomic E-state index is 12.4. The molecule has 2 nitrogen and oxygen atoms in total. The molecule has 3 rings (SSSR count). The minimum Gasteiger partial charge on any atom is -0.367 e. The molecule has 1 heterocycles. The molecule has 2 aromatic rings. The van der Waals surface area contributed by atoms with E-state index in [1.54, 1.807) is 0 Å². The highest BCUT2D eigenvalue weighted by atomic mass is 16.5. The van der Waals surface area contributed by atoms with Crippen LogP contribution in [0.25, 0.3) is 0 Å². The van der Waals surface area contributed by atoms with Gasteiger partial charge in [-0.25, -0.2) is 0 Å². The maximum atomic E-state index is 12.4. The molecule has 0 unspecified atom stereocenters. The summed E-state index contributed by atoms with van der Waals surface area (Å²) in [5.74, 6) is 0.169. The average Bonchev–Trinajstić information content (AvgIpc) is 2.56. The van der Waals surface area contributed by atoms with Crippen molar-refractivity contribution >= 4 is 5.78 Å². The van der Waals surface area contributed by atoms with Crippen LogP contribution in [0.1, 0.15) is 48.5 Å². The van der Waals surface area contributed by atoms with Gasteiger partial charge in [0.2, 0.25) is 0 Å². The smallest absolute Gasteiger partial charge is 0.165 e. The van der Waals surface area contributed by atoms with Gasteiger partial charge in [0.15, 0.2) is 5.78 Å². The third kappa shape index (κ3) is 3.28. The van der Waals surface area contributed by atoms with Crippen LogP contribution in [0.5, 0.6) is 0 Å². The molecular weight excluding hydrogens is 272 g/mol. The summed E-state index contributed by atoms with van der Waals surface area (Å²) in [4.78, 5) is 12.4. The summed E-state index contributed by atoms with van der Waals surface area (Å²) in [6.07, 6.45) is 3.53. The summed E-state index contributed by atoms with van der Waals surface area (Å²) in [5.41, 5.74) is 1.70. The summed E-state index contributed by atoms with van der Waals surface area (Å²) in [6, 6.07) is 19.8. The second-order valence-corrected chi connectivity index (χ2v) is 6.22. The molecule has 1 aliphatic heterocycles. The fraction of sp³-hybridized carbons (Fsp3) is 0.350. The van der Waals surface area contributed by atoms with Gasteiger partial charge in [-0.3, -0.25) is 4.79 Å². The Morgan fingerprint density at radius 2 is 1.73 bits per heavy atom. The zero-order chi connectivity index (χ0) is 15.4. The van der Waals surface area contributed by atoms with Crippen LogP contribution < -0.4 is 0 Å². The van der Waals surface area contributed by atoms with E-state index in [2.05, 4.69) is 19.1 Å². The van der Waals surface area contributed by atoms with Crippen molar-refractivity contribution in [1.29, 1.82) is 0 Å². The Kier molecular flexibility index (Phi) is 4.39. The second-order valence-electron chi connectivity index (χ2n) is 6.22. The molecule has 1 aliphatic rings. The molecule has 0 spiro atoms. The zero-order valence-electron chi connectivity index (χ0n) is 13.0. The average molecular weight is 294 g/mol. The van der Waals surface area contributed by atoms with Gasteiger partial charge < -0.3 is 4.74 Å². The van der Waals surface area contributed by atoms with Crippen LogP contribution in [-0.4, -0.2) is 11.9 Å². The first-order valence-corrected chi connectivity index (χ1v) is 7.99. The lowest BCUT2D eigenvalue weighted by Crippen LogP contribution is -2.36. The Morgan fingerprint density at radius 1 is 1.09 bits per heavy atom. The SMILES string of the molecule is C[C@]1(c2ccccc2)CCC[C@@H](CC(=O)c2ccccc2)O1. The maximum Gasteiger partial charge on any atom is 0.165 e. The monoisotopic (exact) mass is 294 g/mol. The number of benzene rings is 2. The molecule has 0 aliphatic carbocycles. The molecule has 0 radical (unpaired) electrons. The van der Waals surface area contributed by atoms with Gasteiger partial charge in [0.1, 0.15) is 0 Å². The molecule has 1 fully saturated rings. The topological polar surface area (TPSA) is 26.3 Å². The number of carbonyl (C=O) groups is 1. The minimum atomic E-state index is -0.277. The quantitative estimate of drug-likeness (QED) is 0.761. The van der Waals surface area contributed by atoms with E-state index in [9.17, 15) is 4.79 Å². The van der Waals surface area contributed by atoms with Crippen LogP contribution in [-0.2, 0) is 10.3 Å². The van der Waals surface area contributed by atoms with E-state index in [0.29, 0.717) is 6.42 Å². The Hall–Kier alpha value is -1.93. The van der Waals surface area contributed by atoms with Gasteiger partial charge in [0, 0.05) is 12.0 Å².